The number of carbonyl (C=O) groups is 1. The number of amides is 2. The third-order valence-electron chi connectivity index (χ3n) is 3.52. The second kappa shape index (κ2) is 6.86. The van der Waals surface area contributed by atoms with E-state index >= 15 is 0 Å². The molecule has 24 heavy (non-hydrogen) atoms. The number of thiophene rings is 1. The summed E-state index contributed by atoms with van der Waals surface area (Å²) in [7, 11) is 0. The summed E-state index contributed by atoms with van der Waals surface area (Å²) >= 11 is 1.45. The van der Waals surface area contributed by atoms with E-state index in [1.807, 2.05) is 48.0 Å². The number of rotatable bonds is 5. The van der Waals surface area contributed by atoms with E-state index in [1.54, 1.807) is 23.9 Å². The van der Waals surface area contributed by atoms with Gasteiger partial charge in [0, 0.05) is 23.0 Å². The van der Waals surface area contributed by atoms with Crippen molar-refractivity contribution in [2.24, 2.45) is 0 Å². The topological polar surface area (TPSA) is 79.2 Å². The maximum Gasteiger partial charge on any atom is 0.319 e. The lowest BCUT2D eigenvalue weighted by atomic mass is 10.1. The minimum Gasteiger partial charge on any atom is -0.383 e. The molecule has 0 aliphatic heterocycles. The zero-order valence-electron chi connectivity index (χ0n) is 13.1. The molecular formula is C17H18N4O2S. The van der Waals surface area contributed by atoms with Gasteiger partial charge < -0.3 is 15.7 Å². The van der Waals surface area contributed by atoms with Crippen molar-refractivity contribution < 1.29 is 9.90 Å². The Labute approximate surface area is 143 Å². The highest BCUT2D eigenvalue weighted by molar-refractivity contribution is 7.10. The summed E-state index contributed by atoms with van der Waals surface area (Å²) in [5.74, 6) is 0. The maximum absolute atomic E-state index is 12.1. The lowest BCUT2D eigenvalue weighted by Crippen LogP contribution is -2.40. The second-order valence-corrected chi connectivity index (χ2v) is 6.51. The average Bonchev–Trinajstić information content (AvgIpc) is 3.26. The molecule has 124 valence electrons. The molecule has 3 N–H and O–H groups in total. The number of carbonyl (C=O) groups excluding carboxylic acids is 1. The lowest BCUT2D eigenvalue weighted by Gasteiger charge is -2.22. The molecule has 7 heteroatoms. The largest absolute Gasteiger partial charge is 0.383 e. The van der Waals surface area contributed by atoms with Gasteiger partial charge in [0.1, 0.15) is 5.60 Å². The summed E-state index contributed by atoms with van der Waals surface area (Å²) in [5.41, 5.74) is 0.405. The molecule has 3 aromatic rings. The maximum atomic E-state index is 12.1. The lowest BCUT2D eigenvalue weighted by molar-refractivity contribution is 0.0637. The van der Waals surface area contributed by atoms with Crippen LogP contribution in [0.25, 0.3) is 5.69 Å². The van der Waals surface area contributed by atoms with Gasteiger partial charge >= 0.3 is 6.03 Å². The third kappa shape index (κ3) is 3.81. The Balaban J connectivity index is 1.60. The number of hydrogen-bond donors (Lipinski definition) is 3. The molecule has 0 unspecified atom stereocenters. The summed E-state index contributed by atoms with van der Waals surface area (Å²) in [6.07, 6.45) is 3.52. The number of anilines is 1. The Kier molecular flexibility index (Phi) is 4.64. The Bertz CT molecular complexity index is 798. The summed E-state index contributed by atoms with van der Waals surface area (Å²) in [4.78, 5) is 12.9. The first kappa shape index (κ1) is 16.2. The van der Waals surface area contributed by atoms with Crippen molar-refractivity contribution in [1.29, 1.82) is 0 Å². The number of nitrogens with zero attached hydrogens (tertiary/aromatic N) is 2. The molecule has 0 aliphatic carbocycles. The average molecular weight is 342 g/mol. The van der Waals surface area contributed by atoms with Gasteiger partial charge in [-0.25, -0.2) is 9.48 Å². The van der Waals surface area contributed by atoms with E-state index in [0.717, 1.165) is 10.6 Å². The van der Waals surface area contributed by atoms with Gasteiger partial charge in [0.2, 0.25) is 0 Å². The molecule has 6 nitrogen and oxygen atoms in total. The Hall–Kier alpha value is -2.64. The quantitative estimate of drug-likeness (QED) is 0.667. The molecule has 2 heterocycles. The van der Waals surface area contributed by atoms with Gasteiger partial charge in [0.15, 0.2) is 0 Å². The van der Waals surface area contributed by atoms with Crippen LogP contribution in [0.3, 0.4) is 0 Å². The summed E-state index contributed by atoms with van der Waals surface area (Å²) < 4.78 is 1.71. The van der Waals surface area contributed by atoms with E-state index < -0.39 is 5.60 Å². The summed E-state index contributed by atoms with van der Waals surface area (Å²) in [5, 5.41) is 21.9. The summed E-state index contributed by atoms with van der Waals surface area (Å²) in [6, 6.07) is 12.5. The van der Waals surface area contributed by atoms with Crippen LogP contribution in [0.2, 0.25) is 0 Å². The highest BCUT2D eigenvalue weighted by Gasteiger charge is 2.24. The van der Waals surface area contributed by atoms with E-state index in [1.165, 1.54) is 11.3 Å². The predicted octanol–water partition coefficient (Wildman–Crippen LogP) is 2.96. The third-order valence-corrected chi connectivity index (χ3v) is 4.64. The Morgan fingerprint density at radius 1 is 1.33 bits per heavy atom. The SMILES string of the molecule is C[C@@](O)(CNC(=O)Nc1cccc(-n2cccn2)c1)c1cccs1. The first-order chi connectivity index (χ1) is 11.5. The highest BCUT2D eigenvalue weighted by atomic mass is 32.1. The van der Waals surface area contributed by atoms with Gasteiger partial charge in [-0.05, 0) is 42.6 Å². The van der Waals surface area contributed by atoms with Crippen LogP contribution in [-0.2, 0) is 5.60 Å². The molecule has 1 atom stereocenters. The van der Waals surface area contributed by atoms with E-state index in [4.69, 9.17) is 0 Å². The first-order valence-corrected chi connectivity index (χ1v) is 8.34. The number of hydrogen-bond acceptors (Lipinski definition) is 4. The molecule has 0 bridgehead atoms. The smallest absolute Gasteiger partial charge is 0.319 e. The molecular weight excluding hydrogens is 324 g/mol. The fourth-order valence-corrected chi connectivity index (χ4v) is 3.03. The van der Waals surface area contributed by atoms with E-state index in [-0.39, 0.29) is 12.6 Å². The number of benzene rings is 1. The zero-order valence-corrected chi connectivity index (χ0v) is 14.0. The Morgan fingerprint density at radius 3 is 2.92 bits per heavy atom. The van der Waals surface area contributed by atoms with Crippen LogP contribution in [-0.4, -0.2) is 27.5 Å². The van der Waals surface area contributed by atoms with E-state index in [9.17, 15) is 9.90 Å². The number of nitrogens with one attached hydrogen (secondary N) is 2. The van der Waals surface area contributed by atoms with Crippen molar-refractivity contribution in [3.05, 3.63) is 65.1 Å². The second-order valence-electron chi connectivity index (χ2n) is 5.56. The van der Waals surface area contributed by atoms with E-state index in [2.05, 4.69) is 15.7 Å². The Morgan fingerprint density at radius 2 is 2.21 bits per heavy atom. The number of aromatic nitrogens is 2. The minimum atomic E-state index is -1.09. The van der Waals surface area contributed by atoms with Gasteiger partial charge in [-0.3, -0.25) is 0 Å². The molecule has 0 radical (unpaired) electrons. The van der Waals surface area contributed by atoms with Crippen LogP contribution in [0.1, 0.15) is 11.8 Å². The van der Waals surface area contributed by atoms with Crippen molar-refractivity contribution in [3.63, 3.8) is 0 Å². The van der Waals surface area contributed by atoms with Crippen molar-refractivity contribution in [2.45, 2.75) is 12.5 Å². The van der Waals surface area contributed by atoms with Crippen molar-refractivity contribution in [2.75, 3.05) is 11.9 Å². The monoisotopic (exact) mass is 342 g/mol. The molecule has 2 aromatic heterocycles. The molecule has 3 rings (SSSR count). The molecule has 0 saturated heterocycles. The van der Waals surface area contributed by atoms with Crippen LogP contribution in [0, 0.1) is 0 Å². The molecule has 0 fully saturated rings. The van der Waals surface area contributed by atoms with Gasteiger partial charge in [0.05, 0.1) is 12.2 Å². The van der Waals surface area contributed by atoms with Crippen LogP contribution < -0.4 is 10.6 Å². The zero-order chi connectivity index (χ0) is 17.0. The fraction of sp³-hybridized carbons (Fsp3) is 0.176. The summed E-state index contributed by atoms with van der Waals surface area (Å²) in [6.45, 7) is 1.80. The van der Waals surface area contributed by atoms with Gasteiger partial charge in [-0.1, -0.05) is 12.1 Å². The normalized spacial score (nSPS) is 13.2. The molecule has 0 spiro atoms. The fourth-order valence-electron chi connectivity index (χ4n) is 2.25. The van der Waals surface area contributed by atoms with Crippen molar-refractivity contribution in [1.82, 2.24) is 15.1 Å². The number of aliphatic hydroxyl groups is 1. The minimum absolute atomic E-state index is 0.123. The van der Waals surface area contributed by atoms with Crippen LogP contribution in [0.15, 0.2) is 60.2 Å². The predicted molar refractivity (Wildman–Crippen MR) is 94.5 cm³/mol. The molecule has 0 aliphatic rings. The van der Waals surface area contributed by atoms with Gasteiger partial charge in [-0.2, -0.15) is 5.10 Å². The molecule has 0 saturated carbocycles. The molecule has 2 amide bonds. The first-order valence-electron chi connectivity index (χ1n) is 7.46. The van der Waals surface area contributed by atoms with E-state index in [0.29, 0.717) is 5.69 Å². The highest BCUT2D eigenvalue weighted by Crippen LogP contribution is 2.24. The van der Waals surface area contributed by atoms with Crippen molar-refractivity contribution in [3.8, 4) is 5.69 Å². The van der Waals surface area contributed by atoms with Crippen LogP contribution >= 0.6 is 11.3 Å². The molecule has 1 aromatic carbocycles. The van der Waals surface area contributed by atoms with Gasteiger partial charge in [0.25, 0.3) is 0 Å². The standard InChI is InChI=1S/C17H18N4O2S/c1-17(23,15-7-3-10-24-15)12-18-16(22)20-13-5-2-6-14(11-13)21-9-4-8-19-21/h2-11,23H,12H2,1H3,(H2,18,20,22)/t17-/m1/s1. The van der Waals surface area contributed by atoms with Crippen LogP contribution in [0.4, 0.5) is 10.5 Å². The van der Waals surface area contributed by atoms with Crippen LogP contribution in [0.5, 0.6) is 0 Å². The van der Waals surface area contributed by atoms with Gasteiger partial charge in [-0.15, -0.1) is 11.3 Å². The van der Waals surface area contributed by atoms with Crippen molar-refractivity contribution >= 4 is 23.1 Å². The number of urea groups is 1.